The number of halogens is 4. The minimum absolute atomic E-state index is 0.694. The van der Waals surface area contributed by atoms with E-state index in [2.05, 4.69) is 0 Å². The van der Waals surface area contributed by atoms with E-state index < -0.39 is 0 Å². The zero-order chi connectivity index (χ0) is 18.8. The maximum Gasteiger partial charge on any atom is 0.0461 e. The second kappa shape index (κ2) is 12.7. The lowest BCUT2D eigenvalue weighted by molar-refractivity contribution is 0.711. The SMILES string of the molecule is Clc1ccc(CSCCCCCCSCc2ccc(Cl)cc2Cl)c(Cl)c1. The van der Waals surface area contributed by atoms with Crippen LogP contribution in [0, 0.1) is 0 Å². The van der Waals surface area contributed by atoms with Crippen molar-refractivity contribution >= 4 is 69.9 Å². The minimum atomic E-state index is 0.694. The Bertz CT molecular complexity index is 632. The molecular formula is C20H22Cl4S2. The van der Waals surface area contributed by atoms with E-state index in [1.807, 2.05) is 59.9 Å². The molecular weight excluding hydrogens is 446 g/mol. The van der Waals surface area contributed by atoms with Crippen molar-refractivity contribution in [3.63, 3.8) is 0 Å². The molecule has 0 aliphatic heterocycles. The number of hydrogen-bond acceptors (Lipinski definition) is 2. The van der Waals surface area contributed by atoms with Gasteiger partial charge in [0.1, 0.15) is 0 Å². The lowest BCUT2D eigenvalue weighted by atomic mass is 10.2. The molecule has 0 nitrogen and oxygen atoms in total. The Kier molecular flexibility index (Phi) is 11.0. The maximum absolute atomic E-state index is 6.19. The van der Waals surface area contributed by atoms with E-state index in [4.69, 9.17) is 46.4 Å². The summed E-state index contributed by atoms with van der Waals surface area (Å²) in [4.78, 5) is 0. The first kappa shape index (κ1) is 22.6. The molecule has 0 radical (unpaired) electrons. The molecule has 26 heavy (non-hydrogen) atoms. The summed E-state index contributed by atoms with van der Waals surface area (Å²) < 4.78 is 0. The van der Waals surface area contributed by atoms with Crippen LogP contribution < -0.4 is 0 Å². The molecule has 0 aliphatic rings. The van der Waals surface area contributed by atoms with Gasteiger partial charge in [0.2, 0.25) is 0 Å². The predicted molar refractivity (Wildman–Crippen MR) is 124 cm³/mol. The van der Waals surface area contributed by atoms with E-state index in [1.165, 1.54) is 48.3 Å². The van der Waals surface area contributed by atoms with Crippen molar-refractivity contribution in [2.75, 3.05) is 11.5 Å². The van der Waals surface area contributed by atoms with Gasteiger partial charge in [-0.15, -0.1) is 0 Å². The fraction of sp³-hybridized carbons (Fsp3) is 0.400. The van der Waals surface area contributed by atoms with Crippen LogP contribution in [0.3, 0.4) is 0 Å². The minimum Gasteiger partial charge on any atom is -0.157 e. The number of unbranched alkanes of at least 4 members (excludes halogenated alkanes) is 3. The van der Waals surface area contributed by atoms with Gasteiger partial charge in [0, 0.05) is 31.6 Å². The van der Waals surface area contributed by atoms with Gasteiger partial charge in [-0.2, -0.15) is 23.5 Å². The Morgan fingerprint density at radius 1 is 0.577 bits per heavy atom. The number of benzene rings is 2. The van der Waals surface area contributed by atoms with Crippen molar-refractivity contribution in [2.24, 2.45) is 0 Å². The summed E-state index contributed by atoms with van der Waals surface area (Å²) in [5, 5.41) is 2.92. The molecule has 2 aromatic rings. The van der Waals surface area contributed by atoms with Crippen molar-refractivity contribution in [1.82, 2.24) is 0 Å². The van der Waals surface area contributed by atoms with Crippen molar-refractivity contribution < 1.29 is 0 Å². The first-order chi connectivity index (χ1) is 12.6. The van der Waals surface area contributed by atoms with E-state index in [0.717, 1.165) is 21.6 Å². The Labute approximate surface area is 185 Å². The normalized spacial score (nSPS) is 11.1. The number of thioether (sulfide) groups is 2. The summed E-state index contributed by atoms with van der Waals surface area (Å²) in [7, 11) is 0. The molecule has 0 atom stereocenters. The van der Waals surface area contributed by atoms with Gasteiger partial charge in [-0.1, -0.05) is 71.4 Å². The molecule has 0 amide bonds. The summed E-state index contributed by atoms with van der Waals surface area (Å²) in [5.41, 5.74) is 2.33. The van der Waals surface area contributed by atoms with Gasteiger partial charge in [0.05, 0.1) is 0 Å². The highest BCUT2D eigenvalue weighted by Crippen LogP contribution is 2.26. The summed E-state index contributed by atoms with van der Waals surface area (Å²) in [6.07, 6.45) is 5.07. The quantitative estimate of drug-likeness (QED) is 0.302. The third kappa shape index (κ3) is 8.54. The van der Waals surface area contributed by atoms with Gasteiger partial charge in [-0.25, -0.2) is 0 Å². The van der Waals surface area contributed by atoms with Gasteiger partial charge in [-0.05, 0) is 59.7 Å². The van der Waals surface area contributed by atoms with Crippen LogP contribution in [0.5, 0.6) is 0 Å². The van der Waals surface area contributed by atoms with Crippen LogP contribution >= 0.6 is 69.9 Å². The van der Waals surface area contributed by atoms with Crippen molar-refractivity contribution in [3.8, 4) is 0 Å². The third-order valence-corrected chi connectivity index (χ3v) is 7.23. The molecule has 0 unspecified atom stereocenters. The predicted octanol–water partition coefficient (Wildman–Crippen LogP) is 9.03. The first-order valence-electron chi connectivity index (χ1n) is 8.59. The second-order valence-electron chi connectivity index (χ2n) is 5.99. The van der Waals surface area contributed by atoms with Crippen LogP contribution in [0.25, 0.3) is 0 Å². The van der Waals surface area contributed by atoms with Gasteiger partial charge in [-0.3, -0.25) is 0 Å². The molecule has 0 N–H and O–H groups in total. The summed E-state index contributed by atoms with van der Waals surface area (Å²) in [6.45, 7) is 0. The Hall–Kier alpha value is 0.300. The van der Waals surface area contributed by atoms with Crippen LogP contribution in [0.4, 0.5) is 0 Å². The van der Waals surface area contributed by atoms with Crippen LogP contribution in [-0.2, 0) is 11.5 Å². The molecule has 6 heteroatoms. The Morgan fingerprint density at radius 3 is 1.38 bits per heavy atom. The van der Waals surface area contributed by atoms with E-state index >= 15 is 0 Å². The molecule has 0 aliphatic carbocycles. The summed E-state index contributed by atoms with van der Waals surface area (Å²) in [5.74, 6) is 4.25. The van der Waals surface area contributed by atoms with Gasteiger partial charge in [0.15, 0.2) is 0 Å². The monoisotopic (exact) mass is 466 g/mol. The third-order valence-electron chi connectivity index (χ3n) is 3.87. The Morgan fingerprint density at radius 2 is 1.00 bits per heavy atom. The molecule has 0 spiro atoms. The highest BCUT2D eigenvalue weighted by Gasteiger charge is 2.03. The highest BCUT2D eigenvalue weighted by atomic mass is 35.5. The topological polar surface area (TPSA) is 0 Å². The lowest BCUT2D eigenvalue weighted by Crippen LogP contribution is -1.88. The van der Waals surface area contributed by atoms with Crippen LogP contribution in [0.1, 0.15) is 36.8 Å². The molecule has 0 saturated carbocycles. The molecule has 0 heterocycles. The van der Waals surface area contributed by atoms with Gasteiger partial charge in [0.25, 0.3) is 0 Å². The molecule has 0 aromatic heterocycles. The van der Waals surface area contributed by atoms with Crippen molar-refractivity contribution in [3.05, 3.63) is 67.6 Å². The zero-order valence-corrected chi connectivity index (χ0v) is 19.1. The number of rotatable bonds is 11. The molecule has 2 aromatic carbocycles. The molecule has 0 saturated heterocycles. The van der Waals surface area contributed by atoms with Crippen molar-refractivity contribution in [1.29, 1.82) is 0 Å². The lowest BCUT2D eigenvalue weighted by Gasteiger charge is -2.06. The fourth-order valence-corrected chi connectivity index (χ4v) is 5.56. The second-order valence-corrected chi connectivity index (χ2v) is 9.89. The standard InChI is InChI=1S/C20H22Cl4S2/c21-17-7-5-15(19(23)11-17)13-25-9-3-1-2-4-10-26-14-16-6-8-18(22)12-20(16)24/h5-8,11-12H,1-4,9-10,13-14H2. The van der Waals surface area contributed by atoms with Gasteiger partial charge >= 0.3 is 0 Å². The zero-order valence-electron chi connectivity index (χ0n) is 14.4. The van der Waals surface area contributed by atoms with Crippen LogP contribution in [0.2, 0.25) is 20.1 Å². The van der Waals surface area contributed by atoms with Crippen molar-refractivity contribution in [2.45, 2.75) is 37.2 Å². The average Bonchev–Trinajstić information content (AvgIpc) is 2.59. The summed E-state index contributed by atoms with van der Waals surface area (Å²) in [6, 6.07) is 11.5. The van der Waals surface area contributed by atoms with E-state index in [0.29, 0.717) is 10.0 Å². The summed E-state index contributed by atoms with van der Waals surface area (Å²) >= 11 is 28.1. The van der Waals surface area contributed by atoms with E-state index in [-0.39, 0.29) is 0 Å². The maximum atomic E-state index is 6.19. The van der Waals surface area contributed by atoms with Gasteiger partial charge < -0.3 is 0 Å². The van der Waals surface area contributed by atoms with Crippen LogP contribution in [0.15, 0.2) is 36.4 Å². The van der Waals surface area contributed by atoms with Crippen LogP contribution in [-0.4, -0.2) is 11.5 Å². The highest BCUT2D eigenvalue weighted by molar-refractivity contribution is 7.98. The fourth-order valence-electron chi connectivity index (χ4n) is 2.40. The number of hydrogen-bond donors (Lipinski definition) is 0. The molecule has 0 bridgehead atoms. The smallest absolute Gasteiger partial charge is 0.0461 e. The molecule has 2 rings (SSSR count). The van der Waals surface area contributed by atoms with E-state index in [9.17, 15) is 0 Å². The average molecular weight is 468 g/mol. The Balaban J connectivity index is 1.47. The molecule has 0 fully saturated rings. The largest absolute Gasteiger partial charge is 0.157 e. The first-order valence-corrected chi connectivity index (χ1v) is 12.4. The van der Waals surface area contributed by atoms with E-state index in [1.54, 1.807) is 0 Å². The molecule has 142 valence electrons.